The molecule has 1 aromatic rings. The van der Waals surface area contributed by atoms with Gasteiger partial charge in [0, 0.05) is 42.1 Å². The SMILES string of the molecule is C=C(C)N(CCC)c1c(C)c(C(=O)NCC(O)CC)c(C)c(C(=O)NCC(O)CO)c1C. The summed E-state index contributed by atoms with van der Waals surface area (Å²) < 4.78 is 0. The Balaban J connectivity index is 3.67. The van der Waals surface area contributed by atoms with Crippen molar-refractivity contribution in [2.75, 3.05) is 31.1 Å². The van der Waals surface area contributed by atoms with E-state index >= 15 is 0 Å². The topological polar surface area (TPSA) is 122 Å². The van der Waals surface area contributed by atoms with Gasteiger partial charge < -0.3 is 30.9 Å². The van der Waals surface area contributed by atoms with E-state index in [1.807, 2.05) is 39.5 Å². The molecule has 0 radical (unpaired) electrons. The van der Waals surface area contributed by atoms with Gasteiger partial charge in [0.1, 0.15) is 0 Å². The predicted molar refractivity (Wildman–Crippen MR) is 127 cm³/mol. The Morgan fingerprint density at radius 1 is 0.938 bits per heavy atom. The fraction of sp³-hybridized carbons (Fsp3) is 0.583. The zero-order chi connectivity index (χ0) is 24.6. The van der Waals surface area contributed by atoms with E-state index in [0.29, 0.717) is 35.2 Å². The molecule has 180 valence electrons. The molecule has 0 aromatic heterocycles. The lowest BCUT2D eigenvalue weighted by Crippen LogP contribution is -2.37. The summed E-state index contributed by atoms with van der Waals surface area (Å²) in [5, 5.41) is 34.0. The van der Waals surface area contributed by atoms with E-state index in [-0.39, 0.29) is 19.0 Å². The first kappa shape index (κ1) is 27.6. The third-order valence-corrected chi connectivity index (χ3v) is 5.52. The van der Waals surface area contributed by atoms with E-state index in [4.69, 9.17) is 5.11 Å². The highest BCUT2D eigenvalue weighted by atomic mass is 16.3. The van der Waals surface area contributed by atoms with Crippen LogP contribution in [0.3, 0.4) is 0 Å². The second-order valence-electron chi connectivity index (χ2n) is 8.18. The Morgan fingerprint density at radius 3 is 1.78 bits per heavy atom. The average Bonchev–Trinajstić information content (AvgIpc) is 2.74. The van der Waals surface area contributed by atoms with Crippen molar-refractivity contribution in [3.05, 3.63) is 40.1 Å². The van der Waals surface area contributed by atoms with Crippen LogP contribution in [0.5, 0.6) is 0 Å². The number of nitrogens with zero attached hydrogens (tertiary/aromatic N) is 1. The van der Waals surface area contributed by atoms with E-state index in [9.17, 15) is 19.8 Å². The van der Waals surface area contributed by atoms with Gasteiger partial charge in [-0.1, -0.05) is 20.4 Å². The molecule has 2 amide bonds. The predicted octanol–water partition coefficient (Wildman–Crippen LogP) is 1.95. The lowest BCUT2D eigenvalue weighted by molar-refractivity contribution is 0.0801. The first-order valence-electron chi connectivity index (χ1n) is 11.1. The van der Waals surface area contributed by atoms with Crippen LogP contribution in [0.25, 0.3) is 0 Å². The van der Waals surface area contributed by atoms with E-state index < -0.39 is 24.7 Å². The van der Waals surface area contributed by atoms with Crippen molar-refractivity contribution < 1.29 is 24.9 Å². The molecule has 2 atom stereocenters. The summed E-state index contributed by atoms with van der Waals surface area (Å²) in [6.45, 7) is 15.4. The molecule has 8 heteroatoms. The highest BCUT2D eigenvalue weighted by molar-refractivity contribution is 6.06. The van der Waals surface area contributed by atoms with Crippen LogP contribution < -0.4 is 15.5 Å². The van der Waals surface area contributed by atoms with E-state index in [1.165, 1.54) is 0 Å². The monoisotopic (exact) mass is 449 g/mol. The first-order chi connectivity index (χ1) is 15.0. The van der Waals surface area contributed by atoms with Crippen LogP contribution >= 0.6 is 0 Å². The molecule has 32 heavy (non-hydrogen) atoms. The molecule has 0 spiro atoms. The van der Waals surface area contributed by atoms with Crippen molar-refractivity contribution in [1.29, 1.82) is 0 Å². The molecule has 0 fully saturated rings. The lowest BCUT2D eigenvalue weighted by atomic mass is 9.89. The number of aliphatic hydroxyl groups excluding tert-OH is 3. The number of anilines is 1. The van der Waals surface area contributed by atoms with Crippen LogP contribution in [-0.2, 0) is 0 Å². The molecule has 1 rings (SSSR count). The van der Waals surface area contributed by atoms with Gasteiger partial charge in [-0.15, -0.1) is 0 Å². The molecule has 0 aliphatic carbocycles. The van der Waals surface area contributed by atoms with E-state index in [0.717, 1.165) is 23.4 Å². The Labute approximate surface area is 191 Å². The number of carbonyl (C=O) groups excluding carboxylic acids is 2. The maximum Gasteiger partial charge on any atom is 0.252 e. The third kappa shape index (κ3) is 6.54. The minimum Gasteiger partial charge on any atom is -0.394 e. The molecular weight excluding hydrogens is 410 g/mol. The van der Waals surface area contributed by atoms with Crippen molar-refractivity contribution in [2.45, 2.75) is 66.6 Å². The quantitative estimate of drug-likeness (QED) is 0.332. The number of nitrogens with one attached hydrogen (secondary N) is 2. The van der Waals surface area contributed by atoms with Gasteiger partial charge >= 0.3 is 0 Å². The fourth-order valence-electron chi connectivity index (χ4n) is 3.82. The highest BCUT2D eigenvalue weighted by Gasteiger charge is 2.28. The number of hydrogen-bond acceptors (Lipinski definition) is 6. The van der Waals surface area contributed by atoms with Gasteiger partial charge in [0.15, 0.2) is 0 Å². The normalized spacial score (nSPS) is 12.8. The van der Waals surface area contributed by atoms with Gasteiger partial charge in [0.2, 0.25) is 0 Å². The van der Waals surface area contributed by atoms with E-state index in [1.54, 1.807) is 6.92 Å². The summed E-state index contributed by atoms with van der Waals surface area (Å²) in [6, 6.07) is 0. The Hall–Kier alpha value is -2.42. The molecule has 0 heterocycles. The number of benzene rings is 1. The second-order valence-corrected chi connectivity index (χ2v) is 8.18. The number of amides is 2. The van der Waals surface area contributed by atoms with Crippen LogP contribution in [0.1, 0.15) is 71.0 Å². The van der Waals surface area contributed by atoms with Crippen LogP contribution in [0.4, 0.5) is 5.69 Å². The Kier molecular flexibility index (Phi) is 10.9. The summed E-state index contributed by atoms with van der Waals surface area (Å²) >= 11 is 0. The Bertz CT molecular complexity index is 784. The number of allylic oxidation sites excluding steroid dienone is 1. The molecule has 2 unspecified atom stereocenters. The minimum absolute atomic E-state index is 0.110. The van der Waals surface area contributed by atoms with Crippen molar-refractivity contribution in [2.24, 2.45) is 0 Å². The summed E-state index contributed by atoms with van der Waals surface area (Å²) in [7, 11) is 0. The number of aliphatic hydroxyl groups is 3. The molecule has 5 N–H and O–H groups in total. The standard InChI is InChI=1S/C24H39N3O5/c1-8-10-27(14(3)4)22-16(6)20(23(31)25-11-18(29)9-2)15(5)21(17(22)7)24(32)26-12-19(30)13-28/h18-19,28-30H,3,8-13H2,1-2,4-7H3,(H,25,31)(H,26,32). The third-order valence-electron chi connectivity index (χ3n) is 5.52. The summed E-state index contributed by atoms with van der Waals surface area (Å²) in [5.41, 5.74) is 4.21. The zero-order valence-corrected chi connectivity index (χ0v) is 20.2. The minimum atomic E-state index is -1.07. The maximum atomic E-state index is 13.1. The lowest BCUT2D eigenvalue weighted by Gasteiger charge is -2.31. The maximum absolute atomic E-state index is 13.1. The van der Waals surface area contributed by atoms with Crippen LogP contribution in [0.2, 0.25) is 0 Å². The fourth-order valence-corrected chi connectivity index (χ4v) is 3.82. The highest BCUT2D eigenvalue weighted by Crippen LogP contribution is 2.35. The van der Waals surface area contributed by atoms with Gasteiger partial charge in [0.05, 0.1) is 18.8 Å². The molecule has 0 saturated heterocycles. The molecular formula is C24H39N3O5. The van der Waals surface area contributed by atoms with Gasteiger partial charge in [-0.2, -0.15) is 0 Å². The van der Waals surface area contributed by atoms with Crippen molar-refractivity contribution >= 4 is 17.5 Å². The van der Waals surface area contributed by atoms with Gasteiger partial charge in [0.25, 0.3) is 11.8 Å². The first-order valence-corrected chi connectivity index (χ1v) is 11.1. The zero-order valence-electron chi connectivity index (χ0n) is 20.2. The summed E-state index contributed by atoms with van der Waals surface area (Å²) in [6.07, 6.45) is -0.374. The average molecular weight is 450 g/mol. The van der Waals surface area contributed by atoms with E-state index in [2.05, 4.69) is 17.2 Å². The van der Waals surface area contributed by atoms with Gasteiger partial charge in [-0.3, -0.25) is 9.59 Å². The molecule has 0 aliphatic heterocycles. The molecule has 8 nitrogen and oxygen atoms in total. The molecule has 1 aromatic carbocycles. The van der Waals surface area contributed by atoms with Crippen LogP contribution in [0, 0.1) is 20.8 Å². The number of carbonyl (C=O) groups is 2. The largest absolute Gasteiger partial charge is 0.394 e. The van der Waals surface area contributed by atoms with Gasteiger partial charge in [-0.05, 0) is 57.2 Å². The summed E-state index contributed by atoms with van der Waals surface area (Å²) in [4.78, 5) is 28.2. The molecule has 0 bridgehead atoms. The number of hydrogen-bond donors (Lipinski definition) is 5. The number of rotatable bonds is 12. The van der Waals surface area contributed by atoms with Crippen LogP contribution in [0.15, 0.2) is 12.3 Å². The van der Waals surface area contributed by atoms with Crippen LogP contribution in [-0.4, -0.2) is 65.6 Å². The van der Waals surface area contributed by atoms with Gasteiger partial charge in [-0.25, -0.2) is 0 Å². The van der Waals surface area contributed by atoms with Crippen molar-refractivity contribution in [1.82, 2.24) is 10.6 Å². The Morgan fingerprint density at radius 2 is 1.41 bits per heavy atom. The van der Waals surface area contributed by atoms with Crippen molar-refractivity contribution in [3.63, 3.8) is 0 Å². The van der Waals surface area contributed by atoms with Crippen molar-refractivity contribution in [3.8, 4) is 0 Å². The smallest absolute Gasteiger partial charge is 0.252 e. The second kappa shape index (κ2) is 12.6. The molecule has 0 saturated carbocycles. The summed E-state index contributed by atoms with van der Waals surface area (Å²) in [5.74, 6) is -0.800. The molecule has 0 aliphatic rings.